The minimum Gasteiger partial charge on any atom is -0.481 e. The van der Waals surface area contributed by atoms with E-state index in [0.717, 1.165) is 43.8 Å². The summed E-state index contributed by atoms with van der Waals surface area (Å²) < 4.78 is 2.31. The highest BCUT2D eigenvalue weighted by Gasteiger charge is 2.20. The minimum absolute atomic E-state index is 0.139. The molecule has 0 amide bonds. The molecule has 3 aromatic carbocycles. The van der Waals surface area contributed by atoms with Gasteiger partial charge in [-0.3, -0.25) is 14.2 Å². The van der Waals surface area contributed by atoms with Crippen LogP contribution in [0.4, 0.5) is 5.69 Å². The number of aromatic nitrogens is 2. The average Bonchev–Trinajstić information content (AvgIpc) is 3.32. The quantitative estimate of drug-likeness (QED) is 0.206. The van der Waals surface area contributed by atoms with Crippen molar-refractivity contribution < 1.29 is 9.90 Å². The van der Waals surface area contributed by atoms with Crippen molar-refractivity contribution >= 4 is 51.0 Å². The lowest BCUT2D eigenvalue weighted by molar-refractivity contribution is -0.136. The molecule has 9 heteroatoms. The fourth-order valence-corrected chi connectivity index (χ4v) is 5.77. The molecule has 0 saturated carbocycles. The van der Waals surface area contributed by atoms with E-state index in [1.807, 2.05) is 43.3 Å². The van der Waals surface area contributed by atoms with Crippen LogP contribution in [0.5, 0.6) is 0 Å². The molecule has 38 heavy (non-hydrogen) atoms. The van der Waals surface area contributed by atoms with Crippen molar-refractivity contribution in [3.63, 3.8) is 0 Å². The number of hydrogen-bond donors (Lipinski definition) is 3. The van der Waals surface area contributed by atoms with Gasteiger partial charge in [0, 0.05) is 47.4 Å². The summed E-state index contributed by atoms with van der Waals surface area (Å²) in [7, 11) is 1.80. The number of nitrogens with one attached hydrogen (secondary N) is 2. The fraction of sp³-hybridized carbons (Fsp3) is 0.103. The molecule has 0 fully saturated rings. The molecule has 0 aliphatic carbocycles. The number of anilines is 1. The van der Waals surface area contributed by atoms with Crippen molar-refractivity contribution in [2.45, 2.75) is 13.3 Å². The molecule has 5 aromatic rings. The van der Waals surface area contributed by atoms with E-state index in [-0.39, 0.29) is 12.0 Å². The number of halogens is 1. The van der Waals surface area contributed by atoms with Gasteiger partial charge in [-0.1, -0.05) is 41.1 Å². The molecule has 2 heterocycles. The summed E-state index contributed by atoms with van der Waals surface area (Å²) in [6, 6.07) is 18.1. The Morgan fingerprint density at radius 1 is 1.11 bits per heavy atom. The Labute approximate surface area is 227 Å². The summed E-state index contributed by atoms with van der Waals surface area (Å²) in [5, 5.41) is 21.5. The van der Waals surface area contributed by atoms with Crippen LogP contribution >= 0.6 is 22.9 Å². The Balaban J connectivity index is 1.70. The topological polar surface area (TPSA) is 108 Å². The predicted octanol–water partition coefficient (Wildman–Crippen LogP) is 6.41. The van der Waals surface area contributed by atoms with Crippen molar-refractivity contribution in [1.82, 2.24) is 9.55 Å². The number of nitrogens with zero attached hydrogens (tertiary/aromatic N) is 2. The number of hydrogen-bond acceptors (Lipinski definition) is 6. The zero-order chi connectivity index (χ0) is 27.0. The zero-order valence-electron chi connectivity index (χ0n) is 20.6. The third kappa shape index (κ3) is 4.71. The lowest BCUT2D eigenvalue weighted by Gasteiger charge is -2.13. The van der Waals surface area contributed by atoms with Crippen molar-refractivity contribution in [2.24, 2.45) is 0 Å². The number of aryl methyl sites for hydroxylation is 1. The predicted molar refractivity (Wildman–Crippen MR) is 155 cm³/mol. The highest BCUT2D eigenvalue weighted by Crippen LogP contribution is 2.39. The molecule has 190 valence electrons. The van der Waals surface area contributed by atoms with Gasteiger partial charge in [0.05, 0.1) is 16.6 Å². The van der Waals surface area contributed by atoms with E-state index in [2.05, 4.69) is 5.32 Å². The fourth-order valence-electron chi connectivity index (χ4n) is 4.52. The molecule has 5 rings (SSSR count). The van der Waals surface area contributed by atoms with Gasteiger partial charge in [0.2, 0.25) is 0 Å². The Hall–Kier alpha value is -4.27. The first-order valence-electron chi connectivity index (χ1n) is 11.8. The third-order valence-corrected chi connectivity index (χ3v) is 7.73. The van der Waals surface area contributed by atoms with Crippen molar-refractivity contribution in [3.05, 3.63) is 98.9 Å². The van der Waals surface area contributed by atoms with Crippen LogP contribution in [0.15, 0.2) is 71.7 Å². The first-order valence-corrected chi connectivity index (χ1v) is 12.9. The first-order chi connectivity index (χ1) is 18.3. The van der Waals surface area contributed by atoms with Gasteiger partial charge in [-0.25, -0.2) is 4.98 Å². The molecule has 0 unspecified atom stereocenters. The van der Waals surface area contributed by atoms with Gasteiger partial charge < -0.3 is 15.8 Å². The molecule has 0 atom stereocenters. The van der Waals surface area contributed by atoms with Crippen LogP contribution in [0.3, 0.4) is 0 Å². The molecule has 2 aromatic heterocycles. The normalized spacial score (nSPS) is 11.0. The van der Waals surface area contributed by atoms with E-state index >= 15 is 0 Å². The van der Waals surface area contributed by atoms with E-state index in [0.29, 0.717) is 21.2 Å². The Bertz CT molecular complexity index is 1770. The number of carbonyl (C=O) groups is 1. The first kappa shape index (κ1) is 25.4. The maximum absolute atomic E-state index is 13.0. The number of carboxylic acids is 1. The SMILES string of the molecule is CNc1ccc(-c2ccc(=O)n(-c3nc4cc(C)c(CC(=O)O)c(-c5ccc(Cl)cc5)c4s3)c2)cc1C=N. The van der Waals surface area contributed by atoms with Crippen molar-refractivity contribution in [2.75, 3.05) is 12.4 Å². The van der Waals surface area contributed by atoms with Gasteiger partial charge in [0.15, 0.2) is 5.13 Å². The zero-order valence-corrected chi connectivity index (χ0v) is 22.2. The maximum atomic E-state index is 13.0. The second-order valence-electron chi connectivity index (χ2n) is 8.79. The van der Waals surface area contributed by atoms with Crippen LogP contribution in [0.1, 0.15) is 16.7 Å². The highest BCUT2D eigenvalue weighted by molar-refractivity contribution is 7.21. The van der Waals surface area contributed by atoms with Gasteiger partial charge in [-0.05, 0) is 71.1 Å². The summed E-state index contributed by atoms with van der Waals surface area (Å²) in [5.41, 5.74) is 6.81. The average molecular weight is 543 g/mol. The number of rotatable bonds is 7. The molecule has 3 N–H and O–H groups in total. The summed E-state index contributed by atoms with van der Waals surface area (Å²) in [5.74, 6) is -0.926. The largest absolute Gasteiger partial charge is 0.481 e. The number of aliphatic carboxylic acids is 1. The van der Waals surface area contributed by atoms with Crippen LogP contribution in [0.25, 0.3) is 37.6 Å². The summed E-state index contributed by atoms with van der Waals surface area (Å²) in [6.45, 7) is 1.87. The van der Waals surface area contributed by atoms with E-state index in [1.165, 1.54) is 28.2 Å². The van der Waals surface area contributed by atoms with Gasteiger partial charge in [0.25, 0.3) is 5.56 Å². The summed E-state index contributed by atoms with van der Waals surface area (Å²) >= 11 is 7.46. The number of pyridine rings is 1. The highest BCUT2D eigenvalue weighted by atomic mass is 35.5. The van der Waals surface area contributed by atoms with Crippen LogP contribution in [0, 0.1) is 12.3 Å². The van der Waals surface area contributed by atoms with Crippen molar-refractivity contribution in [1.29, 1.82) is 5.41 Å². The van der Waals surface area contributed by atoms with Crippen LogP contribution in [-0.4, -0.2) is 33.9 Å². The Kier molecular flexibility index (Phi) is 6.84. The molecule has 0 aliphatic rings. The van der Waals surface area contributed by atoms with E-state index in [9.17, 15) is 14.7 Å². The second-order valence-corrected chi connectivity index (χ2v) is 10.2. The van der Waals surface area contributed by atoms with E-state index < -0.39 is 5.97 Å². The smallest absolute Gasteiger partial charge is 0.307 e. The monoisotopic (exact) mass is 542 g/mol. The van der Waals surface area contributed by atoms with Crippen LogP contribution in [-0.2, 0) is 11.2 Å². The standard InChI is InChI=1S/C29H23ClN4O3S/c1-16-11-24-28(27(22(16)13-26(36)37)17-3-7-21(30)8-4-17)38-29(33-24)34-15-19(6-10-25(34)35)18-5-9-23(32-2)20(12-18)14-31/h3-12,14-15,31-32H,13H2,1-2H3,(H,36,37). The van der Waals surface area contributed by atoms with E-state index in [4.69, 9.17) is 22.0 Å². The molecule has 0 aliphatic heterocycles. The molecular formula is C29H23ClN4O3S. The van der Waals surface area contributed by atoms with Crippen molar-refractivity contribution in [3.8, 4) is 27.4 Å². The van der Waals surface area contributed by atoms with Gasteiger partial charge in [-0.2, -0.15) is 0 Å². The van der Waals surface area contributed by atoms with Crippen LogP contribution < -0.4 is 10.9 Å². The molecule has 0 radical (unpaired) electrons. The van der Waals surface area contributed by atoms with E-state index in [1.54, 1.807) is 31.4 Å². The van der Waals surface area contributed by atoms with Crippen LogP contribution in [0.2, 0.25) is 5.02 Å². The van der Waals surface area contributed by atoms with Gasteiger partial charge in [-0.15, -0.1) is 0 Å². The Morgan fingerprint density at radius 2 is 1.82 bits per heavy atom. The Morgan fingerprint density at radius 3 is 2.50 bits per heavy atom. The number of benzene rings is 3. The summed E-state index contributed by atoms with van der Waals surface area (Å²) in [6.07, 6.45) is 2.89. The number of carboxylic acid groups (broad SMARTS) is 1. The minimum atomic E-state index is -0.926. The lowest BCUT2D eigenvalue weighted by atomic mass is 9.93. The molecule has 0 saturated heterocycles. The lowest BCUT2D eigenvalue weighted by Crippen LogP contribution is -2.16. The molecule has 7 nitrogen and oxygen atoms in total. The number of thiazole rings is 1. The van der Waals surface area contributed by atoms with Gasteiger partial charge >= 0.3 is 5.97 Å². The molecule has 0 bridgehead atoms. The number of fused-ring (bicyclic) bond motifs is 1. The molecule has 0 spiro atoms. The second kappa shape index (κ2) is 10.2. The molecular weight excluding hydrogens is 520 g/mol. The third-order valence-electron chi connectivity index (χ3n) is 6.39. The van der Waals surface area contributed by atoms with Gasteiger partial charge in [0.1, 0.15) is 0 Å². The summed E-state index contributed by atoms with van der Waals surface area (Å²) in [4.78, 5) is 29.5. The maximum Gasteiger partial charge on any atom is 0.307 e.